The van der Waals surface area contributed by atoms with E-state index in [1.165, 1.54) is 0 Å². The lowest BCUT2D eigenvalue weighted by molar-refractivity contribution is 0.188. The summed E-state index contributed by atoms with van der Waals surface area (Å²) in [5, 5.41) is 0. The predicted octanol–water partition coefficient (Wildman–Crippen LogP) is 3.17. The highest BCUT2D eigenvalue weighted by Crippen LogP contribution is 2.45. The highest BCUT2D eigenvalue weighted by molar-refractivity contribution is 8.09. The fourth-order valence-corrected chi connectivity index (χ4v) is 3.10. The molecule has 0 rings (SSSR count). The van der Waals surface area contributed by atoms with E-state index in [0.717, 1.165) is 12.8 Å². The monoisotopic (exact) mass is 210 g/mol. The van der Waals surface area contributed by atoms with Gasteiger partial charge in [0.15, 0.2) is 6.49 Å². The predicted molar refractivity (Wildman–Crippen MR) is 57.3 cm³/mol. The van der Waals surface area contributed by atoms with Gasteiger partial charge in [-0.3, -0.25) is 0 Å². The summed E-state index contributed by atoms with van der Waals surface area (Å²) < 4.78 is 11.0. The minimum Gasteiger partial charge on any atom is -0.330 e. The molecule has 1 unspecified atom stereocenters. The molecule has 4 heteroatoms. The molecule has 0 bridgehead atoms. The summed E-state index contributed by atoms with van der Waals surface area (Å²) in [6, 6.07) is 0. The molecule has 0 aliphatic heterocycles. The summed E-state index contributed by atoms with van der Waals surface area (Å²) in [5.41, 5.74) is 0. The van der Waals surface area contributed by atoms with Gasteiger partial charge in [-0.25, -0.2) is 0 Å². The molecule has 2 nitrogen and oxygen atoms in total. The van der Waals surface area contributed by atoms with Crippen LogP contribution in [-0.2, 0) is 20.9 Å². The molecule has 0 aliphatic carbocycles. The van der Waals surface area contributed by atoms with Crippen molar-refractivity contribution < 1.29 is 9.05 Å². The molecule has 0 aromatic heterocycles. The Morgan fingerprint density at radius 1 is 1.42 bits per heavy atom. The van der Waals surface area contributed by atoms with E-state index in [-0.39, 0.29) is 6.10 Å². The molecule has 0 spiro atoms. The molecule has 12 heavy (non-hydrogen) atoms. The Bertz CT molecular complexity index is 161. The Morgan fingerprint density at radius 3 is 2.42 bits per heavy atom. The van der Waals surface area contributed by atoms with Gasteiger partial charge in [0, 0.05) is 6.66 Å². The van der Waals surface area contributed by atoms with E-state index in [1.54, 1.807) is 0 Å². The molecule has 0 aromatic rings. The molecule has 0 aliphatic rings. The first-order chi connectivity index (χ1) is 5.52. The summed E-state index contributed by atoms with van der Waals surface area (Å²) in [6.07, 6.45) is 2.42. The van der Waals surface area contributed by atoms with Crippen LogP contribution >= 0.6 is 6.49 Å². The van der Waals surface area contributed by atoms with Gasteiger partial charge in [-0.05, 0) is 32.1 Å². The lowest BCUT2D eigenvalue weighted by Gasteiger charge is -2.21. The number of rotatable bonds is 6. The van der Waals surface area contributed by atoms with Gasteiger partial charge in [0.25, 0.3) is 0 Å². The maximum absolute atomic E-state index is 5.62. The molecular formula is C8H19O2PS. The molecule has 0 radical (unpaired) electrons. The van der Waals surface area contributed by atoms with E-state index >= 15 is 0 Å². The summed E-state index contributed by atoms with van der Waals surface area (Å²) in [4.78, 5) is 0. The van der Waals surface area contributed by atoms with E-state index in [1.807, 2.05) is 20.5 Å². The first kappa shape index (κ1) is 12.6. The maximum Gasteiger partial charge on any atom is 0.185 e. The van der Waals surface area contributed by atoms with Gasteiger partial charge in [0.05, 0.1) is 12.7 Å². The highest BCUT2D eigenvalue weighted by atomic mass is 32.5. The molecule has 0 fully saturated rings. The third-order valence-electron chi connectivity index (χ3n) is 1.43. The molecule has 0 aromatic carbocycles. The molecular weight excluding hydrogens is 191 g/mol. The minimum absolute atomic E-state index is 0.234. The van der Waals surface area contributed by atoms with Gasteiger partial charge in [-0.15, -0.1) is 0 Å². The third kappa shape index (κ3) is 6.13. The lowest BCUT2D eigenvalue weighted by Crippen LogP contribution is -2.06. The van der Waals surface area contributed by atoms with Gasteiger partial charge in [-0.2, -0.15) is 0 Å². The van der Waals surface area contributed by atoms with Crippen LogP contribution in [0, 0.1) is 0 Å². The van der Waals surface area contributed by atoms with Crippen LogP contribution in [-0.4, -0.2) is 19.4 Å². The van der Waals surface area contributed by atoms with Gasteiger partial charge in [-0.1, -0.05) is 13.3 Å². The van der Waals surface area contributed by atoms with E-state index in [4.69, 9.17) is 20.9 Å². The SMILES string of the molecule is CCC[C@H](C)OP(C)(=S)OCC. The van der Waals surface area contributed by atoms with Crippen LogP contribution in [0.2, 0.25) is 0 Å². The van der Waals surface area contributed by atoms with Crippen molar-refractivity contribution in [3.05, 3.63) is 0 Å². The standard InChI is InChI=1S/C8H19O2PS/c1-5-7-8(3)10-11(4,12)9-6-2/h8H,5-7H2,1-4H3/t8-,11?/m0/s1. The largest absolute Gasteiger partial charge is 0.330 e. The minimum atomic E-state index is -1.95. The first-order valence-electron chi connectivity index (χ1n) is 4.42. The smallest absolute Gasteiger partial charge is 0.185 e. The van der Waals surface area contributed by atoms with Crippen LogP contribution in [0.3, 0.4) is 0 Å². The second-order valence-electron chi connectivity index (χ2n) is 2.89. The molecule has 74 valence electrons. The number of hydrogen-bond donors (Lipinski definition) is 0. The Labute approximate surface area is 80.8 Å². The van der Waals surface area contributed by atoms with Crippen LogP contribution in [0.5, 0.6) is 0 Å². The fourth-order valence-electron chi connectivity index (χ4n) is 1.05. The Hall–Kier alpha value is 0.570. The summed E-state index contributed by atoms with van der Waals surface area (Å²) in [7, 11) is 0. The molecule has 0 saturated carbocycles. The quantitative estimate of drug-likeness (QED) is 0.627. The number of hydrogen-bond acceptors (Lipinski definition) is 3. The van der Waals surface area contributed by atoms with Crippen molar-refractivity contribution >= 4 is 18.3 Å². The van der Waals surface area contributed by atoms with Crippen LogP contribution in [0.15, 0.2) is 0 Å². The molecule has 0 heterocycles. The van der Waals surface area contributed by atoms with E-state index in [9.17, 15) is 0 Å². The summed E-state index contributed by atoms with van der Waals surface area (Å²) >= 11 is 5.20. The Morgan fingerprint density at radius 2 is 2.00 bits per heavy atom. The van der Waals surface area contributed by atoms with Gasteiger partial charge < -0.3 is 9.05 Å². The second kappa shape index (κ2) is 6.09. The lowest BCUT2D eigenvalue weighted by atomic mass is 10.2. The second-order valence-corrected chi connectivity index (χ2v) is 6.90. The van der Waals surface area contributed by atoms with E-state index < -0.39 is 6.49 Å². The molecule has 0 saturated heterocycles. The maximum atomic E-state index is 5.62. The van der Waals surface area contributed by atoms with Crippen molar-refractivity contribution in [2.45, 2.75) is 39.7 Å². The van der Waals surface area contributed by atoms with Gasteiger partial charge in [0.2, 0.25) is 0 Å². The third-order valence-corrected chi connectivity index (χ3v) is 3.47. The van der Waals surface area contributed by atoms with Crippen molar-refractivity contribution in [1.82, 2.24) is 0 Å². The van der Waals surface area contributed by atoms with Gasteiger partial charge >= 0.3 is 0 Å². The molecule has 2 atom stereocenters. The summed E-state index contributed by atoms with van der Waals surface area (Å²) in [6.45, 7) is 6.72. The average Bonchev–Trinajstić information content (AvgIpc) is 1.85. The normalized spacial score (nSPS) is 18.7. The van der Waals surface area contributed by atoms with Crippen LogP contribution in [0.25, 0.3) is 0 Å². The van der Waals surface area contributed by atoms with Crippen LogP contribution in [0.4, 0.5) is 0 Å². The van der Waals surface area contributed by atoms with Crippen molar-refractivity contribution in [2.75, 3.05) is 13.3 Å². The van der Waals surface area contributed by atoms with Crippen molar-refractivity contribution in [1.29, 1.82) is 0 Å². The zero-order chi connectivity index (χ0) is 9.61. The average molecular weight is 210 g/mol. The Balaban J connectivity index is 3.79. The van der Waals surface area contributed by atoms with Crippen LogP contribution < -0.4 is 0 Å². The first-order valence-corrected chi connectivity index (χ1v) is 7.50. The summed E-state index contributed by atoms with van der Waals surface area (Å²) in [5.74, 6) is 0. The molecule has 0 amide bonds. The highest BCUT2D eigenvalue weighted by Gasteiger charge is 2.14. The van der Waals surface area contributed by atoms with E-state index in [2.05, 4.69) is 6.92 Å². The van der Waals surface area contributed by atoms with Crippen molar-refractivity contribution in [3.8, 4) is 0 Å². The zero-order valence-electron chi connectivity index (χ0n) is 8.37. The topological polar surface area (TPSA) is 18.5 Å². The van der Waals surface area contributed by atoms with Crippen molar-refractivity contribution in [2.24, 2.45) is 0 Å². The Kier molecular flexibility index (Phi) is 6.38. The van der Waals surface area contributed by atoms with Crippen LogP contribution in [0.1, 0.15) is 33.6 Å². The fraction of sp³-hybridized carbons (Fsp3) is 1.00. The zero-order valence-corrected chi connectivity index (χ0v) is 10.1. The van der Waals surface area contributed by atoms with Crippen molar-refractivity contribution in [3.63, 3.8) is 0 Å². The van der Waals surface area contributed by atoms with Gasteiger partial charge in [0.1, 0.15) is 0 Å². The molecule has 0 N–H and O–H groups in total. The van der Waals surface area contributed by atoms with E-state index in [0.29, 0.717) is 6.61 Å².